The van der Waals surface area contributed by atoms with Crippen LogP contribution in [0.2, 0.25) is 0 Å². The van der Waals surface area contributed by atoms with Gasteiger partial charge in [0.1, 0.15) is 30.1 Å². The van der Waals surface area contributed by atoms with E-state index in [1.807, 2.05) is 48.5 Å². The lowest BCUT2D eigenvalue weighted by Gasteiger charge is -2.09. The molecule has 1 aromatic heterocycles. The highest BCUT2D eigenvalue weighted by Crippen LogP contribution is 2.26. The van der Waals surface area contributed by atoms with Crippen LogP contribution in [0.1, 0.15) is 17.0 Å². The van der Waals surface area contributed by atoms with E-state index in [2.05, 4.69) is 38.6 Å². The third-order valence-electron chi connectivity index (χ3n) is 4.32. The van der Waals surface area contributed by atoms with Gasteiger partial charge in [0.2, 0.25) is 0 Å². The van der Waals surface area contributed by atoms with Crippen LogP contribution in [-0.2, 0) is 6.61 Å². The van der Waals surface area contributed by atoms with Crippen molar-refractivity contribution in [3.63, 3.8) is 0 Å². The number of H-pyrrole nitrogens is 1. The number of ether oxygens (including phenoxy) is 1. The zero-order chi connectivity index (χ0) is 20.2. The lowest BCUT2D eigenvalue weighted by Crippen LogP contribution is -1.97. The molecule has 1 N–H and O–H groups in total. The number of allylic oxidation sites excluding steroid dienone is 1. The minimum absolute atomic E-state index is 0.351. The molecule has 4 rings (SSSR count). The van der Waals surface area contributed by atoms with Gasteiger partial charge in [-0.05, 0) is 70.1 Å². The zero-order valence-corrected chi connectivity index (χ0v) is 17.4. The van der Waals surface area contributed by atoms with Crippen molar-refractivity contribution in [2.45, 2.75) is 6.61 Å². The monoisotopic (exact) mass is 495 g/mol. The number of hydrogen-bond donors (Lipinski definition) is 1. The second-order valence-electron chi connectivity index (χ2n) is 6.38. The summed E-state index contributed by atoms with van der Waals surface area (Å²) < 4.78 is 20.2. The van der Waals surface area contributed by atoms with Gasteiger partial charge >= 0.3 is 0 Å². The van der Waals surface area contributed by atoms with Gasteiger partial charge in [-0.1, -0.05) is 36.4 Å². The van der Waals surface area contributed by atoms with E-state index in [4.69, 9.17) is 4.74 Å². The molecule has 0 saturated heterocycles. The van der Waals surface area contributed by atoms with Gasteiger partial charge in [-0.15, -0.1) is 0 Å². The molecule has 1 heterocycles. The second-order valence-corrected chi connectivity index (χ2v) is 7.54. The van der Waals surface area contributed by atoms with Gasteiger partial charge in [0.05, 0.1) is 20.2 Å². The quantitative estimate of drug-likeness (QED) is 0.275. The number of nitrogens with zero attached hydrogens (tertiary/aromatic N) is 2. The van der Waals surface area contributed by atoms with Gasteiger partial charge in [0.15, 0.2) is 0 Å². The third kappa shape index (κ3) is 4.46. The van der Waals surface area contributed by atoms with Crippen molar-refractivity contribution in [1.82, 2.24) is 9.97 Å². The average Bonchev–Trinajstić information content (AvgIpc) is 3.15. The number of halogens is 2. The number of imidazole rings is 1. The average molecular weight is 495 g/mol. The SMILES string of the molecule is N#C/C(=C/c1ccc(OCc2ccccc2)c(I)c1)c1nc2ccc(F)cc2[nH]1. The van der Waals surface area contributed by atoms with E-state index in [0.29, 0.717) is 29.0 Å². The maximum absolute atomic E-state index is 13.4. The zero-order valence-electron chi connectivity index (χ0n) is 15.2. The van der Waals surface area contributed by atoms with Crippen LogP contribution in [0.15, 0.2) is 66.7 Å². The van der Waals surface area contributed by atoms with Gasteiger partial charge in [-0.2, -0.15) is 5.26 Å². The summed E-state index contributed by atoms with van der Waals surface area (Å²) in [6.45, 7) is 0.491. The Balaban J connectivity index is 1.57. The molecule has 29 heavy (non-hydrogen) atoms. The van der Waals surface area contributed by atoms with Gasteiger partial charge in [0.25, 0.3) is 0 Å². The van der Waals surface area contributed by atoms with E-state index < -0.39 is 0 Å². The number of rotatable bonds is 5. The van der Waals surface area contributed by atoms with Crippen molar-refractivity contribution in [1.29, 1.82) is 5.26 Å². The van der Waals surface area contributed by atoms with Gasteiger partial charge < -0.3 is 9.72 Å². The Morgan fingerprint density at radius 1 is 1.14 bits per heavy atom. The van der Waals surface area contributed by atoms with Gasteiger partial charge in [0, 0.05) is 0 Å². The molecule has 0 aliphatic heterocycles. The fraction of sp³-hybridized carbons (Fsp3) is 0.0435. The molecule has 3 aromatic carbocycles. The van der Waals surface area contributed by atoms with Crippen molar-refractivity contribution < 1.29 is 9.13 Å². The molecule has 0 atom stereocenters. The number of nitriles is 1. The van der Waals surface area contributed by atoms with Gasteiger partial charge in [-0.3, -0.25) is 0 Å². The highest BCUT2D eigenvalue weighted by Gasteiger charge is 2.10. The molecule has 0 saturated carbocycles. The first-order valence-corrected chi connectivity index (χ1v) is 9.94. The summed E-state index contributed by atoms with van der Waals surface area (Å²) in [5, 5.41) is 9.58. The molecule has 0 aliphatic carbocycles. The van der Waals surface area contributed by atoms with E-state index >= 15 is 0 Å². The standard InChI is InChI=1S/C23H15FIN3O/c24-18-7-8-20-21(12-18)28-23(27-20)17(13-26)10-16-6-9-22(19(25)11-16)29-14-15-4-2-1-3-5-15/h1-12H,14H2,(H,27,28)/b17-10-. The molecule has 0 unspecified atom stereocenters. The lowest BCUT2D eigenvalue weighted by molar-refractivity contribution is 0.304. The number of aromatic nitrogens is 2. The largest absolute Gasteiger partial charge is 0.488 e. The number of nitrogens with one attached hydrogen (secondary N) is 1. The van der Waals surface area contributed by atoms with Crippen molar-refractivity contribution in [3.05, 3.63) is 93.1 Å². The molecule has 0 amide bonds. The Morgan fingerprint density at radius 3 is 2.72 bits per heavy atom. The van der Waals surface area contributed by atoms with Crippen LogP contribution in [-0.4, -0.2) is 9.97 Å². The van der Waals surface area contributed by atoms with Crippen LogP contribution in [0.25, 0.3) is 22.7 Å². The summed E-state index contributed by atoms with van der Waals surface area (Å²) in [5.74, 6) is 0.840. The molecular weight excluding hydrogens is 480 g/mol. The highest BCUT2D eigenvalue weighted by molar-refractivity contribution is 14.1. The van der Waals surface area contributed by atoms with Crippen LogP contribution in [0.4, 0.5) is 4.39 Å². The van der Waals surface area contributed by atoms with Crippen LogP contribution in [0.3, 0.4) is 0 Å². The van der Waals surface area contributed by atoms with E-state index in [9.17, 15) is 9.65 Å². The summed E-state index contributed by atoms with van der Waals surface area (Å²) >= 11 is 2.22. The maximum Gasteiger partial charge on any atom is 0.149 e. The predicted molar refractivity (Wildman–Crippen MR) is 119 cm³/mol. The van der Waals surface area contributed by atoms with Crippen LogP contribution in [0, 0.1) is 20.7 Å². The smallest absolute Gasteiger partial charge is 0.149 e. The first-order chi connectivity index (χ1) is 14.1. The van der Waals surface area contributed by atoms with Crippen LogP contribution >= 0.6 is 22.6 Å². The van der Waals surface area contributed by atoms with E-state index in [1.165, 1.54) is 12.1 Å². The Morgan fingerprint density at radius 2 is 1.97 bits per heavy atom. The van der Waals surface area contributed by atoms with Gasteiger partial charge in [-0.25, -0.2) is 9.37 Å². The second kappa shape index (κ2) is 8.45. The number of hydrogen-bond acceptors (Lipinski definition) is 3. The summed E-state index contributed by atoms with van der Waals surface area (Å²) in [7, 11) is 0. The van der Waals surface area contributed by atoms with Crippen molar-refractivity contribution in [3.8, 4) is 11.8 Å². The van der Waals surface area contributed by atoms with E-state index in [-0.39, 0.29) is 5.82 Å². The van der Waals surface area contributed by atoms with E-state index in [1.54, 1.807) is 12.1 Å². The van der Waals surface area contributed by atoms with E-state index in [0.717, 1.165) is 20.4 Å². The fourth-order valence-electron chi connectivity index (χ4n) is 2.89. The van der Waals surface area contributed by atoms with Crippen molar-refractivity contribution >= 4 is 45.3 Å². The normalized spacial score (nSPS) is 11.4. The Kier molecular flexibility index (Phi) is 5.58. The van der Waals surface area contributed by atoms with Crippen LogP contribution in [0.5, 0.6) is 5.75 Å². The Hall–Kier alpha value is -3.18. The first-order valence-electron chi connectivity index (χ1n) is 8.86. The number of benzene rings is 3. The molecule has 142 valence electrons. The molecule has 0 aliphatic rings. The molecule has 0 fully saturated rings. The Labute approximate surface area is 180 Å². The first kappa shape index (κ1) is 19.2. The van der Waals surface area contributed by atoms with Crippen LogP contribution < -0.4 is 4.74 Å². The molecule has 0 bridgehead atoms. The van der Waals surface area contributed by atoms with Crippen molar-refractivity contribution in [2.24, 2.45) is 0 Å². The topological polar surface area (TPSA) is 61.7 Å². The summed E-state index contributed by atoms with van der Waals surface area (Å²) in [4.78, 5) is 7.39. The molecular formula is C23H15FIN3O. The number of aromatic amines is 1. The lowest BCUT2D eigenvalue weighted by atomic mass is 10.1. The molecule has 0 radical (unpaired) electrons. The minimum Gasteiger partial charge on any atom is -0.488 e. The Bertz CT molecular complexity index is 1240. The summed E-state index contributed by atoms with van der Waals surface area (Å²) in [6.07, 6.45) is 1.75. The minimum atomic E-state index is -0.351. The molecule has 4 nitrogen and oxygen atoms in total. The van der Waals surface area contributed by atoms with Crippen molar-refractivity contribution in [2.75, 3.05) is 0 Å². The summed E-state index contributed by atoms with van der Waals surface area (Å²) in [6, 6.07) is 22.1. The molecule has 6 heteroatoms. The highest BCUT2D eigenvalue weighted by atomic mass is 127. The number of fused-ring (bicyclic) bond motifs is 1. The third-order valence-corrected chi connectivity index (χ3v) is 5.17. The predicted octanol–water partition coefficient (Wildman–Crippen LogP) is 5.95. The summed E-state index contributed by atoms with van der Waals surface area (Å²) in [5.41, 5.74) is 3.49. The molecule has 0 spiro atoms. The maximum atomic E-state index is 13.4. The molecule has 4 aromatic rings. The fourth-order valence-corrected chi connectivity index (χ4v) is 3.58.